The van der Waals surface area contributed by atoms with Crippen molar-refractivity contribution >= 4 is 5.97 Å². The first-order chi connectivity index (χ1) is 6.56. The van der Waals surface area contributed by atoms with E-state index in [1.807, 2.05) is 6.92 Å². The fraction of sp³-hybridized carbons (Fsp3) is 0.333. The largest absolute Gasteiger partial charge is 0.477 e. The number of aromatic amines is 1. The molecule has 1 rings (SSSR count). The van der Waals surface area contributed by atoms with Gasteiger partial charge in [-0.15, -0.1) is 0 Å². The van der Waals surface area contributed by atoms with E-state index in [-0.39, 0.29) is 11.6 Å². The third kappa shape index (κ3) is 2.00. The number of aromatic nitrogens is 1. The minimum Gasteiger partial charge on any atom is -0.477 e. The lowest BCUT2D eigenvalue weighted by atomic mass is 10.1. The molecule has 5 nitrogen and oxygen atoms in total. The summed E-state index contributed by atoms with van der Waals surface area (Å²) in [7, 11) is 0. The summed E-state index contributed by atoms with van der Waals surface area (Å²) in [4.78, 5) is 24.0. The van der Waals surface area contributed by atoms with Crippen LogP contribution < -0.4 is 11.3 Å². The Kier molecular flexibility index (Phi) is 3.03. The summed E-state index contributed by atoms with van der Waals surface area (Å²) >= 11 is 0. The van der Waals surface area contributed by atoms with E-state index >= 15 is 0 Å². The van der Waals surface area contributed by atoms with Gasteiger partial charge in [-0.2, -0.15) is 0 Å². The lowest BCUT2D eigenvalue weighted by Gasteiger charge is -2.08. The zero-order valence-corrected chi connectivity index (χ0v) is 7.78. The van der Waals surface area contributed by atoms with E-state index in [0.717, 1.165) is 0 Å². The van der Waals surface area contributed by atoms with Gasteiger partial charge in [-0.25, -0.2) is 4.79 Å². The Morgan fingerprint density at radius 1 is 1.71 bits per heavy atom. The van der Waals surface area contributed by atoms with Gasteiger partial charge >= 0.3 is 5.97 Å². The van der Waals surface area contributed by atoms with Crippen LogP contribution in [0.25, 0.3) is 0 Å². The highest BCUT2D eigenvalue weighted by Gasteiger charge is 2.11. The number of carboxylic acids is 1. The van der Waals surface area contributed by atoms with Crippen molar-refractivity contribution in [3.05, 3.63) is 33.7 Å². The number of pyridine rings is 1. The van der Waals surface area contributed by atoms with Crippen LogP contribution >= 0.6 is 0 Å². The van der Waals surface area contributed by atoms with E-state index < -0.39 is 11.5 Å². The number of H-pyrrole nitrogens is 1. The summed E-state index contributed by atoms with van der Waals surface area (Å²) in [5.41, 5.74) is 5.45. The number of nitrogens with two attached hydrogens (primary N) is 1. The standard InChI is InChI=1S/C9H12N2O3/c1-2-7(10)5-3-6(9(13)14)8(12)11-4-5/h3-4,7H,2,10H2,1H3,(H,11,12)(H,13,14)/t7-/m0/s1. The van der Waals surface area contributed by atoms with Gasteiger partial charge in [-0.1, -0.05) is 6.92 Å². The van der Waals surface area contributed by atoms with Gasteiger partial charge in [0, 0.05) is 12.2 Å². The Morgan fingerprint density at radius 2 is 2.36 bits per heavy atom. The molecule has 76 valence electrons. The van der Waals surface area contributed by atoms with Gasteiger partial charge in [0.2, 0.25) is 0 Å². The summed E-state index contributed by atoms with van der Waals surface area (Å²) in [5, 5.41) is 8.68. The number of nitrogens with one attached hydrogen (secondary N) is 1. The zero-order chi connectivity index (χ0) is 10.7. The molecule has 5 heteroatoms. The molecule has 1 heterocycles. The second kappa shape index (κ2) is 4.06. The maximum Gasteiger partial charge on any atom is 0.341 e. The number of carboxylic acid groups (broad SMARTS) is 1. The molecule has 0 aliphatic heterocycles. The summed E-state index contributed by atoms with van der Waals surface area (Å²) < 4.78 is 0. The molecule has 0 aromatic carbocycles. The molecule has 1 aromatic rings. The molecule has 0 fully saturated rings. The van der Waals surface area contributed by atoms with E-state index in [9.17, 15) is 9.59 Å². The van der Waals surface area contributed by atoms with Crippen LogP contribution in [-0.4, -0.2) is 16.1 Å². The minimum absolute atomic E-state index is 0.245. The van der Waals surface area contributed by atoms with Crippen LogP contribution in [0.5, 0.6) is 0 Å². The number of hydrogen-bond donors (Lipinski definition) is 3. The van der Waals surface area contributed by atoms with Crippen molar-refractivity contribution in [1.29, 1.82) is 0 Å². The summed E-state index contributed by atoms with van der Waals surface area (Å²) in [6.07, 6.45) is 2.13. The summed E-state index contributed by atoms with van der Waals surface area (Å²) in [5.74, 6) is -1.24. The maximum atomic E-state index is 11.0. The van der Waals surface area contributed by atoms with Gasteiger partial charge < -0.3 is 15.8 Å². The van der Waals surface area contributed by atoms with Gasteiger partial charge in [-0.3, -0.25) is 4.79 Å². The number of rotatable bonds is 3. The molecule has 14 heavy (non-hydrogen) atoms. The summed E-state index contributed by atoms with van der Waals surface area (Å²) in [6.45, 7) is 1.89. The topological polar surface area (TPSA) is 96.2 Å². The predicted octanol–water partition coefficient (Wildman–Crippen LogP) is 0.483. The van der Waals surface area contributed by atoms with Crippen molar-refractivity contribution < 1.29 is 9.90 Å². The Hall–Kier alpha value is -1.62. The molecule has 0 aliphatic carbocycles. The van der Waals surface area contributed by atoms with Crippen molar-refractivity contribution in [3.8, 4) is 0 Å². The molecule has 1 aromatic heterocycles. The highest BCUT2D eigenvalue weighted by atomic mass is 16.4. The van der Waals surface area contributed by atoms with Crippen LogP contribution in [0, 0.1) is 0 Å². The van der Waals surface area contributed by atoms with Crippen LogP contribution in [0.1, 0.15) is 35.3 Å². The SMILES string of the molecule is CC[C@H](N)c1c[nH]c(=O)c(C(=O)O)c1. The van der Waals surface area contributed by atoms with Gasteiger partial charge in [0.1, 0.15) is 5.56 Å². The lowest BCUT2D eigenvalue weighted by Crippen LogP contribution is -2.20. The Bertz CT molecular complexity index is 397. The van der Waals surface area contributed by atoms with E-state index in [0.29, 0.717) is 12.0 Å². The second-order valence-electron chi connectivity index (χ2n) is 3.00. The van der Waals surface area contributed by atoms with Gasteiger partial charge in [0.05, 0.1) is 0 Å². The number of carbonyl (C=O) groups is 1. The van der Waals surface area contributed by atoms with E-state index in [2.05, 4.69) is 4.98 Å². The van der Waals surface area contributed by atoms with Crippen LogP contribution in [0.4, 0.5) is 0 Å². The van der Waals surface area contributed by atoms with Crippen LogP contribution in [0.15, 0.2) is 17.1 Å². The normalized spacial score (nSPS) is 12.4. The Labute approximate surface area is 80.6 Å². The molecule has 0 unspecified atom stereocenters. The minimum atomic E-state index is -1.24. The zero-order valence-electron chi connectivity index (χ0n) is 7.78. The third-order valence-electron chi connectivity index (χ3n) is 2.02. The van der Waals surface area contributed by atoms with Gasteiger partial charge in [-0.05, 0) is 18.1 Å². The third-order valence-corrected chi connectivity index (χ3v) is 2.02. The first-order valence-corrected chi connectivity index (χ1v) is 4.27. The van der Waals surface area contributed by atoms with Crippen molar-refractivity contribution in [1.82, 2.24) is 4.98 Å². The molecule has 0 spiro atoms. The smallest absolute Gasteiger partial charge is 0.341 e. The monoisotopic (exact) mass is 196 g/mol. The fourth-order valence-electron chi connectivity index (χ4n) is 1.11. The summed E-state index contributed by atoms with van der Waals surface area (Å²) in [6, 6.07) is 1.07. The molecule has 0 saturated carbocycles. The van der Waals surface area contributed by atoms with Gasteiger partial charge in [0.15, 0.2) is 0 Å². The Balaban J connectivity index is 3.19. The van der Waals surface area contributed by atoms with Crippen LogP contribution in [0.2, 0.25) is 0 Å². The predicted molar refractivity (Wildman–Crippen MR) is 51.2 cm³/mol. The average Bonchev–Trinajstić information content (AvgIpc) is 2.17. The molecule has 0 amide bonds. The second-order valence-corrected chi connectivity index (χ2v) is 3.00. The molecular formula is C9H12N2O3. The van der Waals surface area contributed by atoms with Crippen molar-refractivity contribution in [2.24, 2.45) is 5.73 Å². The lowest BCUT2D eigenvalue weighted by molar-refractivity contribution is 0.0695. The van der Waals surface area contributed by atoms with Gasteiger partial charge in [0.25, 0.3) is 5.56 Å². The number of aromatic carboxylic acids is 1. The molecule has 1 atom stereocenters. The Morgan fingerprint density at radius 3 is 2.86 bits per heavy atom. The van der Waals surface area contributed by atoms with Crippen LogP contribution in [-0.2, 0) is 0 Å². The molecule has 0 radical (unpaired) electrons. The first kappa shape index (κ1) is 10.5. The number of hydrogen-bond acceptors (Lipinski definition) is 3. The van der Waals surface area contributed by atoms with E-state index in [1.165, 1.54) is 12.3 Å². The fourth-order valence-corrected chi connectivity index (χ4v) is 1.11. The molecular weight excluding hydrogens is 184 g/mol. The molecule has 0 saturated heterocycles. The van der Waals surface area contributed by atoms with Crippen molar-refractivity contribution in [2.45, 2.75) is 19.4 Å². The molecule has 0 aliphatic rings. The maximum absolute atomic E-state index is 11.0. The highest BCUT2D eigenvalue weighted by Crippen LogP contribution is 2.11. The molecule has 4 N–H and O–H groups in total. The first-order valence-electron chi connectivity index (χ1n) is 4.27. The van der Waals surface area contributed by atoms with E-state index in [4.69, 9.17) is 10.8 Å². The average molecular weight is 196 g/mol. The van der Waals surface area contributed by atoms with Crippen molar-refractivity contribution in [3.63, 3.8) is 0 Å². The van der Waals surface area contributed by atoms with Crippen molar-refractivity contribution in [2.75, 3.05) is 0 Å². The molecule has 0 bridgehead atoms. The highest BCUT2D eigenvalue weighted by molar-refractivity contribution is 5.87. The van der Waals surface area contributed by atoms with E-state index in [1.54, 1.807) is 0 Å². The van der Waals surface area contributed by atoms with Crippen LogP contribution in [0.3, 0.4) is 0 Å². The quantitative estimate of drug-likeness (QED) is 0.655.